The van der Waals surface area contributed by atoms with Crippen LogP contribution >= 0.6 is 0 Å². The predicted octanol–water partition coefficient (Wildman–Crippen LogP) is 3.05. The molecule has 0 aliphatic heterocycles. The number of hydrogen-bond acceptors (Lipinski definition) is 4. The van der Waals surface area contributed by atoms with E-state index in [9.17, 15) is 17.6 Å². The van der Waals surface area contributed by atoms with E-state index in [1.165, 1.54) is 12.1 Å². The quantitative estimate of drug-likeness (QED) is 0.736. The van der Waals surface area contributed by atoms with Crippen LogP contribution in [0.25, 0.3) is 11.0 Å². The monoisotopic (exact) mass is 332 g/mol. The Kier molecular flexibility index (Phi) is 4.00. The first-order chi connectivity index (χ1) is 10.9. The van der Waals surface area contributed by atoms with Gasteiger partial charge in [0.25, 0.3) is 0 Å². The third kappa shape index (κ3) is 3.48. The van der Waals surface area contributed by atoms with Gasteiger partial charge in [-0.1, -0.05) is 30.3 Å². The molecule has 2 aromatic carbocycles. The van der Waals surface area contributed by atoms with Gasteiger partial charge in [-0.3, -0.25) is 4.79 Å². The van der Waals surface area contributed by atoms with Gasteiger partial charge in [-0.25, -0.2) is 12.8 Å². The van der Waals surface area contributed by atoms with Crippen molar-refractivity contribution in [1.29, 1.82) is 0 Å². The molecule has 4 nitrogen and oxygen atoms in total. The Morgan fingerprint density at radius 3 is 2.48 bits per heavy atom. The molecule has 0 fully saturated rings. The minimum absolute atomic E-state index is 0.000897. The average molecular weight is 332 g/mol. The van der Waals surface area contributed by atoms with E-state index in [-0.39, 0.29) is 22.3 Å². The van der Waals surface area contributed by atoms with Gasteiger partial charge in [0.05, 0.1) is 28.7 Å². The highest BCUT2D eigenvalue weighted by Gasteiger charge is 2.17. The molecule has 0 unspecified atom stereocenters. The molecule has 0 N–H and O–H groups in total. The van der Waals surface area contributed by atoms with Gasteiger partial charge in [-0.15, -0.1) is 0 Å². The van der Waals surface area contributed by atoms with E-state index in [2.05, 4.69) is 0 Å². The molecule has 0 amide bonds. The summed E-state index contributed by atoms with van der Waals surface area (Å²) < 4.78 is 43.1. The molecule has 0 aliphatic rings. The van der Waals surface area contributed by atoms with Crippen molar-refractivity contribution in [3.05, 3.63) is 82.0 Å². The third-order valence-corrected chi connectivity index (χ3v) is 4.93. The second-order valence-electron chi connectivity index (χ2n) is 5.25. The highest BCUT2D eigenvalue weighted by Crippen LogP contribution is 2.16. The summed E-state index contributed by atoms with van der Waals surface area (Å²) in [6.07, 6.45) is 1.13. The molecule has 1 heterocycles. The maximum atomic E-state index is 13.3. The van der Waals surface area contributed by atoms with Crippen molar-refractivity contribution in [2.24, 2.45) is 0 Å². The highest BCUT2D eigenvalue weighted by atomic mass is 32.2. The van der Waals surface area contributed by atoms with Gasteiger partial charge in [-0.05, 0) is 23.8 Å². The van der Waals surface area contributed by atoms with Crippen LogP contribution in [0, 0.1) is 5.82 Å². The summed E-state index contributed by atoms with van der Waals surface area (Å²) in [6, 6.07) is 12.3. The van der Waals surface area contributed by atoms with Crippen LogP contribution in [0.3, 0.4) is 0 Å². The first kappa shape index (κ1) is 15.4. The zero-order chi connectivity index (χ0) is 16.4. The number of fused-ring (bicyclic) bond motifs is 1. The van der Waals surface area contributed by atoms with Crippen LogP contribution in [0.4, 0.5) is 4.39 Å². The van der Waals surface area contributed by atoms with Crippen LogP contribution in [0.5, 0.6) is 0 Å². The van der Waals surface area contributed by atoms with E-state index >= 15 is 0 Å². The number of hydrogen-bond donors (Lipinski definition) is 0. The van der Waals surface area contributed by atoms with E-state index in [0.29, 0.717) is 5.56 Å². The van der Waals surface area contributed by atoms with Crippen molar-refractivity contribution in [2.45, 2.75) is 11.5 Å². The lowest BCUT2D eigenvalue weighted by atomic mass is 10.2. The van der Waals surface area contributed by atoms with E-state index in [1.54, 1.807) is 30.3 Å². The summed E-state index contributed by atoms with van der Waals surface area (Å²) >= 11 is 0. The standard InChI is InChI=1S/C17H13FO4S/c18-14-6-7-16-15(8-14)17(19)13(9-22-16)11-23(20,21)10-12-4-2-1-3-5-12/h1-9H,10-11H2. The first-order valence-electron chi connectivity index (χ1n) is 6.89. The zero-order valence-corrected chi connectivity index (χ0v) is 12.8. The second-order valence-corrected chi connectivity index (χ2v) is 7.31. The largest absolute Gasteiger partial charge is 0.464 e. The molecule has 0 spiro atoms. The van der Waals surface area contributed by atoms with E-state index in [0.717, 1.165) is 12.3 Å². The van der Waals surface area contributed by atoms with Crippen molar-refractivity contribution in [1.82, 2.24) is 0 Å². The van der Waals surface area contributed by atoms with Gasteiger partial charge in [-0.2, -0.15) is 0 Å². The van der Waals surface area contributed by atoms with Gasteiger partial charge in [0.1, 0.15) is 11.4 Å². The summed E-state index contributed by atoms with van der Waals surface area (Å²) in [5.41, 5.74) is 0.339. The summed E-state index contributed by atoms with van der Waals surface area (Å²) in [7, 11) is -3.54. The molecule has 3 rings (SSSR count). The fourth-order valence-electron chi connectivity index (χ4n) is 2.36. The number of sulfone groups is 1. The summed E-state index contributed by atoms with van der Waals surface area (Å²) in [6.45, 7) is 0. The van der Waals surface area contributed by atoms with Crippen molar-refractivity contribution >= 4 is 20.8 Å². The molecule has 0 bridgehead atoms. The first-order valence-corrected chi connectivity index (χ1v) is 8.71. The Hall–Kier alpha value is -2.47. The van der Waals surface area contributed by atoms with Gasteiger partial charge in [0.2, 0.25) is 0 Å². The van der Waals surface area contributed by atoms with Crippen LogP contribution in [0.2, 0.25) is 0 Å². The second kappa shape index (κ2) is 5.96. The van der Waals surface area contributed by atoms with Crippen LogP contribution in [-0.4, -0.2) is 8.42 Å². The minimum Gasteiger partial charge on any atom is -0.464 e. The van der Waals surface area contributed by atoms with Crippen LogP contribution < -0.4 is 5.43 Å². The molecule has 0 atom stereocenters. The molecule has 23 heavy (non-hydrogen) atoms. The number of rotatable bonds is 4. The molecule has 0 radical (unpaired) electrons. The van der Waals surface area contributed by atoms with Crippen molar-refractivity contribution in [3.63, 3.8) is 0 Å². The lowest BCUT2D eigenvalue weighted by molar-refractivity contribution is 0.581. The van der Waals surface area contributed by atoms with Gasteiger partial charge < -0.3 is 4.42 Å². The summed E-state index contributed by atoms with van der Waals surface area (Å²) in [5.74, 6) is -1.19. The molecule has 1 aromatic heterocycles. The van der Waals surface area contributed by atoms with E-state index < -0.39 is 26.8 Å². The Morgan fingerprint density at radius 2 is 1.74 bits per heavy atom. The Morgan fingerprint density at radius 1 is 1.00 bits per heavy atom. The number of halogens is 1. The Bertz CT molecular complexity index is 1010. The highest BCUT2D eigenvalue weighted by molar-refractivity contribution is 7.89. The Labute approximate surface area is 132 Å². The lowest BCUT2D eigenvalue weighted by Gasteiger charge is -2.05. The van der Waals surface area contributed by atoms with Crippen molar-refractivity contribution in [2.75, 3.05) is 0 Å². The summed E-state index contributed by atoms with van der Waals surface area (Å²) in [5, 5.41) is 0.0393. The smallest absolute Gasteiger partial charge is 0.196 e. The molecule has 0 saturated heterocycles. The molecular formula is C17H13FO4S. The normalized spacial score (nSPS) is 11.7. The average Bonchev–Trinajstić information content (AvgIpc) is 2.51. The van der Waals surface area contributed by atoms with Crippen LogP contribution in [0.1, 0.15) is 11.1 Å². The van der Waals surface area contributed by atoms with Gasteiger partial charge in [0.15, 0.2) is 15.3 Å². The molecule has 0 aliphatic carbocycles. The number of benzene rings is 2. The van der Waals surface area contributed by atoms with Crippen molar-refractivity contribution in [3.8, 4) is 0 Å². The topological polar surface area (TPSA) is 64.3 Å². The third-order valence-electron chi connectivity index (χ3n) is 3.41. The summed E-state index contributed by atoms with van der Waals surface area (Å²) in [4.78, 5) is 12.3. The molecule has 0 saturated carbocycles. The SMILES string of the molecule is O=c1c(CS(=O)(=O)Cc2ccccc2)coc2ccc(F)cc12. The van der Waals surface area contributed by atoms with Gasteiger partial charge >= 0.3 is 0 Å². The maximum Gasteiger partial charge on any atom is 0.196 e. The van der Waals surface area contributed by atoms with E-state index in [4.69, 9.17) is 4.42 Å². The van der Waals surface area contributed by atoms with Crippen molar-refractivity contribution < 1.29 is 17.2 Å². The molecule has 6 heteroatoms. The Balaban J connectivity index is 1.95. The molecular weight excluding hydrogens is 319 g/mol. The fourth-order valence-corrected chi connectivity index (χ4v) is 3.83. The van der Waals surface area contributed by atoms with Gasteiger partial charge in [0, 0.05) is 0 Å². The fraction of sp³-hybridized carbons (Fsp3) is 0.118. The van der Waals surface area contributed by atoms with E-state index in [1.807, 2.05) is 0 Å². The predicted molar refractivity (Wildman–Crippen MR) is 85.2 cm³/mol. The molecule has 3 aromatic rings. The van der Waals surface area contributed by atoms with Crippen LogP contribution in [0.15, 0.2) is 64.0 Å². The zero-order valence-electron chi connectivity index (χ0n) is 12.0. The minimum atomic E-state index is -3.54. The maximum absolute atomic E-state index is 13.3. The molecule has 118 valence electrons. The van der Waals surface area contributed by atoms with Crippen LogP contribution in [-0.2, 0) is 21.3 Å². The lowest BCUT2D eigenvalue weighted by Crippen LogP contribution is -2.15.